The van der Waals surface area contributed by atoms with E-state index in [1.807, 2.05) is 0 Å². The Labute approximate surface area is 96.0 Å². The van der Waals surface area contributed by atoms with Gasteiger partial charge in [-0.2, -0.15) is 0 Å². The van der Waals surface area contributed by atoms with Crippen molar-refractivity contribution in [2.24, 2.45) is 5.73 Å². The average molecular weight is 241 g/mol. The predicted molar refractivity (Wildman–Crippen MR) is 54.2 cm³/mol. The topological polar surface area (TPSA) is 127 Å². The van der Waals surface area contributed by atoms with Crippen LogP contribution in [0.3, 0.4) is 0 Å². The van der Waals surface area contributed by atoms with E-state index in [9.17, 15) is 14.4 Å². The Bertz CT molecular complexity index is 453. The van der Waals surface area contributed by atoms with Crippen molar-refractivity contribution in [2.45, 2.75) is 6.92 Å². The number of nitrogens with zero attached hydrogens (tertiary/aromatic N) is 2. The van der Waals surface area contributed by atoms with Crippen LogP contribution in [-0.2, 0) is 4.79 Å². The SMILES string of the molecule is CCN(CC(N)=O)C(=O)c1cc(C(=O)O)on1. The van der Waals surface area contributed by atoms with Crippen LogP contribution >= 0.6 is 0 Å². The second kappa shape index (κ2) is 5.10. The minimum Gasteiger partial charge on any atom is -0.475 e. The van der Waals surface area contributed by atoms with E-state index < -0.39 is 23.5 Å². The highest BCUT2D eigenvalue weighted by molar-refractivity contribution is 5.96. The summed E-state index contributed by atoms with van der Waals surface area (Å²) in [7, 11) is 0. The van der Waals surface area contributed by atoms with Crippen molar-refractivity contribution in [1.82, 2.24) is 10.1 Å². The highest BCUT2D eigenvalue weighted by atomic mass is 16.5. The second-order valence-corrected chi connectivity index (χ2v) is 3.17. The summed E-state index contributed by atoms with van der Waals surface area (Å²) in [6.45, 7) is 1.64. The Hall–Kier alpha value is -2.38. The summed E-state index contributed by atoms with van der Waals surface area (Å²) in [5, 5.41) is 11.9. The van der Waals surface area contributed by atoms with Gasteiger partial charge in [-0.05, 0) is 6.92 Å². The molecule has 0 atom stereocenters. The zero-order valence-electron chi connectivity index (χ0n) is 9.04. The van der Waals surface area contributed by atoms with Gasteiger partial charge in [-0.1, -0.05) is 5.16 Å². The molecule has 17 heavy (non-hydrogen) atoms. The van der Waals surface area contributed by atoms with Crippen molar-refractivity contribution in [3.63, 3.8) is 0 Å². The molecule has 92 valence electrons. The third kappa shape index (κ3) is 3.03. The molecule has 1 aromatic rings. The minimum absolute atomic E-state index is 0.175. The first kappa shape index (κ1) is 12.7. The maximum absolute atomic E-state index is 11.8. The molecule has 0 aliphatic carbocycles. The molecule has 0 radical (unpaired) electrons. The van der Waals surface area contributed by atoms with Gasteiger partial charge in [0.1, 0.15) is 0 Å². The standard InChI is InChI=1S/C9H11N3O5/c1-2-12(4-7(10)13)8(14)5-3-6(9(15)16)17-11-5/h3H,2,4H2,1H3,(H2,10,13)(H,15,16). The van der Waals surface area contributed by atoms with E-state index >= 15 is 0 Å². The monoisotopic (exact) mass is 241 g/mol. The third-order valence-electron chi connectivity index (χ3n) is 1.96. The number of likely N-dealkylation sites (N-methyl/N-ethyl adjacent to an activating group) is 1. The lowest BCUT2D eigenvalue weighted by Crippen LogP contribution is -2.38. The van der Waals surface area contributed by atoms with Crippen LogP contribution in [0.2, 0.25) is 0 Å². The molecule has 0 aliphatic heterocycles. The lowest BCUT2D eigenvalue weighted by molar-refractivity contribution is -0.118. The van der Waals surface area contributed by atoms with Gasteiger partial charge in [-0.25, -0.2) is 4.79 Å². The van der Waals surface area contributed by atoms with Gasteiger partial charge < -0.3 is 20.3 Å². The van der Waals surface area contributed by atoms with Crippen molar-refractivity contribution >= 4 is 17.8 Å². The molecule has 0 bridgehead atoms. The van der Waals surface area contributed by atoms with Crippen LogP contribution in [0.15, 0.2) is 10.6 Å². The number of aromatic carboxylic acids is 1. The summed E-state index contributed by atoms with van der Waals surface area (Å²) in [5.41, 5.74) is 4.79. The van der Waals surface area contributed by atoms with Gasteiger partial charge in [0, 0.05) is 12.6 Å². The fourth-order valence-electron chi connectivity index (χ4n) is 1.15. The molecule has 0 saturated heterocycles. The normalized spacial score (nSPS) is 9.94. The molecular formula is C9H11N3O5. The molecule has 2 amide bonds. The maximum Gasteiger partial charge on any atom is 0.374 e. The highest BCUT2D eigenvalue weighted by Crippen LogP contribution is 2.06. The summed E-state index contributed by atoms with van der Waals surface area (Å²) in [5.74, 6) is -3.04. The van der Waals surface area contributed by atoms with E-state index in [4.69, 9.17) is 10.8 Å². The molecule has 0 fully saturated rings. The fraction of sp³-hybridized carbons (Fsp3) is 0.333. The molecule has 1 aromatic heterocycles. The zero-order chi connectivity index (χ0) is 13.0. The van der Waals surface area contributed by atoms with E-state index in [1.165, 1.54) is 0 Å². The zero-order valence-corrected chi connectivity index (χ0v) is 9.04. The van der Waals surface area contributed by atoms with Gasteiger partial charge in [0.15, 0.2) is 5.69 Å². The van der Waals surface area contributed by atoms with Crippen LogP contribution in [-0.4, -0.2) is 46.0 Å². The second-order valence-electron chi connectivity index (χ2n) is 3.17. The molecule has 8 nitrogen and oxygen atoms in total. The maximum atomic E-state index is 11.8. The predicted octanol–water partition coefficient (Wildman–Crippen LogP) is -0.680. The molecule has 0 unspecified atom stereocenters. The van der Waals surface area contributed by atoms with Crippen LogP contribution in [0.1, 0.15) is 28.0 Å². The molecule has 0 spiro atoms. The Balaban J connectivity index is 2.86. The van der Waals surface area contributed by atoms with Crippen molar-refractivity contribution in [3.8, 4) is 0 Å². The van der Waals surface area contributed by atoms with E-state index in [0.717, 1.165) is 11.0 Å². The van der Waals surface area contributed by atoms with E-state index in [0.29, 0.717) is 0 Å². The quantitative estimate of drug-likeness (QED) is 0.703. The Kier molecular flexibility index (Phi) is 3.81. The number of amides is 2. The number of carbonyl (C=O) groups is 3. The average Bonchev–Trinajstić information content (AvgIpc) is 2.73. The van der Waals surface area contributed by atoms with Gasteiger partial charge in [0.2, 0.25) is 11.7 Å². The lowest BCUT2D eigenvalue weighted by atomic mass is 10.3. The van der Waals surface area contributed by atoms with Gasteiger partial charge in [-0.3, -0.25) is 9.59 Å². The Morgan fingerprint density at radius 1 is 1.53 bits per heavy atom. The van der Waals surface area contributed by atoms with E-state index in [1.54, 1.807) is 6.92 Å². The van der Waals surface area contributed by atoms with Gasteiger partial charge in [-0.15, -0.1) is 0 Å². The number of hydrogen-bond acceptors (Lipinski definition) is 5. The minimum atomic E-state index is -1.32. The molecule has 0 aliphatic rings. The highest BCUT2D eigenvalue weighted by Gasteiger charge is 2.21. The van der Waals surface area contributed by atoms with Crippen LogP contribution in [0.5, 0.6) is 0 Å². The molecular weight excluding hydrogens is 230 g/mol. The first-order valence-corrected chi connectivity index (χ1v) is 4.73. The number of aromatic nitrogens is 1. The summed E-state index contributed by atoms with van der Waals surface area (Å²) in [6, 6.07) is 0.994. The third-order valence-corrected chi connectivity index (χ3v) is 1.96. The van der Waals surface area contributed by atoms with Gasteiger partial charge >= 0.3 is 5.97 Å². The molecule has 1 heterocycles. The number of carboxylic acids is 1. The van der Waals surface area contributed by atoms with Crippen molar-refractivity contribution < 1.29 is 24.0 Å². The number of carboxylic acid groups (broad SMARTS) is 1. The number of carbonyl (C=O) groups excluding carboxylic acids is 2. The number of hydrogen-bond donors (Lipinski definition) is 2. The smallest absolute Gasteiger partial charge is 0.374 e. The van der Waals surface area contributed by atoms with Crippen molar-refractivity contribution in [3.05, 3.63) is 17.5 Å². The summed E-state index contributed by atoms with van der Waals surface area (Å²) in [4.78, 5) is 34.1. The van der Waals surface area contributed by atoms with Crippen LogP contribution in [0, 0.1) is 0 Å². The van der Waals surface area contributed by atoms with Gasteiger partial charge in [0.05, 0.1) is 6.54 Å². The summed E-state index contributed by atoms with van der Waals surface area (Å²) < 4.78 is 4.43. The number of rotatable bonds is 5. The fourth-order valence-corrected chi connectivity index (χ4v) is 1.15. The number of nitrogens with two attached hydrogens (primary N) is 1. The van der Waals surface area contributed by atoms with Crippen LogP contribution in [0.25, 0.3) is 0 Å². The first-order chi connectivity index (χ1) is 7.95. The summed E-state index contributed by atoms with van der Waals surface area (Å²) >= 11 is 0. The van der Waals surface area contributed by atoms with E-state index in [-0.39, 0.29) is 18.8 Å². The molecule has 0 saturated carbocycles. The van der Waals surface area contributed by atoms with Gasteiger partial charge in [0.25, 0.3) is 5.91 Å². The largest absolute Gasteiger partial charge is 0.475 e. The molecule has 3 N–H and O–H groups in total. The van der Waals surface area contributed by atoms with Crippen LogP contribution < -0.4 is 5.73 Å². The molecule has 8 heteroatoms. The van der Waals surface area contributed by atoms with Crippen molar-refractivity contribution in [1.29, 1.82) is 0 Å². The molecule has 0 aromatic carbocycles. The van der Waals surface area contributed by atoms with Crippen molar-refractivity contribution in [2.75, 3.05) is 13.1 Å². The Morgan fingerprint density at radius 3 is 2.59 bits per heavy atom. The van der Waals surface area contributed by atoms with Crippen LogP contribution in [0.4, 0.5) is 0 Å². The Morgan fingerprint density at radius 2 is 2.18 bits per heavy atom. The van der Waals surface area contributed by atoms with E-state index in [2.05, 4.69) is 9.68 Å². The number of primary amides is 1. The summed E-state index contributed by atoms with van der Waals surface area (Å²) in [6.07, 6.45) is 0. The molecule has 1 rings (SSSR count). The first-order valence-electron chi connectivity index (χ1n) is 4.73. The lowest BCUT2D eigenvalue weighted by Gasteiger charge is -2.16.